The van der Waals surface area contributed by atoms with E-state index in [0.717, 1.165) is 6.42 Å². The Balaban J connectivity index is 2.57. The molecule has 0 bridgehead atoms. The first-order valence-corrected chi connectivity index (χ1v) is 5.24. The minimum atomic E-state index is -4.33. The standard InChI is InChI=1S/C6H12O5S/c7-6(12(8,9)10)5-2-1-3-11-4-5/h5-7H,1-4H2,(H,8,9,10). The molecule has 2 atom stereocenters. The summed E-state index contributed by atoms with van der Waals surface area (Å²) in [6, 6.07) is 0. The summed E-state index contributed by atoms with van der Waals surface area (Å²) in [5.74, 6) is -0.492. The smallest absolute Gasteiger partial charge is 0.292 e. The van der Waals surface area contributed by atoms with E-state index in [1.165, 1.54) is 0 Å². The van der Waals surface area contributed by atoms with Gasteiger partial charge in [-0.25, -0.2) is 0 Å². The van der Waals surface area contributed by atoms with Gasteiger partial charge in [0, 0.05) is 12.5 Å². The molecule has 1 fully saturated rings. The molecule has 5 nitrogen and oxygen atoms in total. The molecule has 0 aromatic carbocycles. The Bertz CT molecular complexity index is 228. The van der Waals surface area contributed by atoms with Crippen LogP contribution < -0.4 is 0 Å². The van der Waals surface area contributed by atoms with Crippen molar-refractivity contribution < 1.29 is 22.8 Å². The molecule has 0 spiro atoms. The Morgan fingerprint density at radius 2 is 2.17 bits per heavy atom. The lowest BCUT2D eigenvalue weighted by atomic mass is 10.0. The Hall–Kier alpha value is -0.170. The molecule has 1 heterocycles. The summed E-state index contributed by atoms with van der Waals surface area (Å²) in [5, 5.41) is 9.09. The van der Waals surface area contributed by atoms with E-state index in [9.17, 15) is 8.42 Å². The average Bonchev–Trinajstić information content (AvgIpc) is 2.03. The van der Waals surface area contributed by atoms with Crippen LogP contribution in [0.5, 0.6) is 0 Å². The first-order valence-electron chi connectivity index (χ1n) is 3.74. The van der Waals surface area contributed by atoms with Crippen molar-refractivity contribution in [2.45, 2.75) is 18.3 Å². The van der Waals surface area contributed by atoms with Crippen molar-refractivity contribution in [1.82, 2.24) is 0 Å². The maximum atomic E-state index is 10.5. The van der Waals surface area contributed by atoms with E-state index in [0.29, 0.717) is 13.0 Å². The summed E-state index contributed by atoms with van der Waals surface area (Å²) < 4.78 is 34.4. The third-order valence-corrected chi connectivity index (χ3v) is 2.90. The maximum absolute atomic E-state index is 10.5. The van der Waals surface area contributed by atoms with Crippen LogP contribution in [0.15, 0.2) is 0 Å². The zero-order valence-electron chi connectivity index (χ0n) is 6.51. The van der Waals surface area contributed by atoms with Gasteiger partial charge in [-0.1, -0.05) is 0 Å². The largest absolute Gasteiger partial charge is 0.381 e. The summed E-state index contributed by atoms with van der Waals surface area (Å²) >= 11 is 0. The predicted octanol–water partition coefficient (Wildman–Crippen LogP) is -0.381. The van der Waals surface area contributed by atoms with E-state index in [4.69, 9.17) is 14.4 Å². The van der Waals surface area contributed by atoms with Gasteiger partial charge in [-0.05, 0) is 12.8 Å². The topological polar surface area (TPSA) is 83.8 Å². The molecule has 72 valence electrons. The first kappa shape index (κ1) is 9.91. The number of aliphatic hydroxyl groups excluding tert-OH is 1. The lowest BCUT2D eigenvalue weighted by Crippen LogP contribution is -2.34. The quantitative estimate of drug-likeness (QED) is 0.588. The van der Waals surface area contributed by atoms with E-state index in [1.807, 2.05) is 0 Å². The van der Waals surface area contributed by atoms with Crippen molar-refractivity contribution in [2.75, 3.05) is 13.2 Å². The van der Waals surface area contributed by atoms with Crippen LogP contribution >= 0.6 is 0 Å². The molecule has 0 radical (unpaired) electrons. The fraction of sp³-hybridized carbons (Fsp3) is 1.00. The van der Waals surface area contributed by atoms with Gasteiger partial charge in [-0.3, -0.25) is 4.55 Å². The van der Waals surface area contributed by atoms with Gasteiger partial charge in [0.05, 0.1) is 6.61 Å². The molecule has 2 N–H and O–H groups in total. The number of ether oxygens (including phenoxy) is 1. The second kappa shape index (κ2) is 3.69. The molecule has 0 aromatic rings. The first-order chi connectivity index (χ1) is 5.52. The summed E-state index contributed by atoms with van der Waals surface area (Å²) in [7, 11) is -4.33. The van der Waals surface area contributed by atoms with Crippen molar-refractivity contribution in [3.8, 4) is 0 Å². The van der Waals surface area contributed by atoms with Crippen LogP contribution in [-0.2, 0) is 14.9 Å². The summed E-state index contributed by atoms with van der Waals surface area (Å²) in [5.41, 5.74) is -1.70. The highest BCUT2D eigenvalue weighted by Gasteiger charge is 2.31. The van der Waals surface area contributed by atoms with Gasteiger partial charge in [0.2, 0.25) is 0 Å². The van der Waals surface area contributed by atoms with Crippen molar-refractivity contribution in [2.24, 2.45) is 5.92 Å². The molecule has 0 saturated carbocycles. The minimum Gasteiger partial charge on any atom is -0.381 e. The molecule has 1 saturated heterocycles. The normalized spacial score (nSPS) is 28.3. The van der Waals surface area contributed by atoms with Crippen LogP contribution in [0.3, 0.4) is 0 Å². The van der Waals surface area contributed by atoms with E-state index >= 15 is 0 Å². The minimum absolute atomic E-state index is 0.195. The van der Waals surface area contributed by atoms with Crippen LogP contribution in [0.25, 0.3) is 0 Å². The second-order valence-electron chi connectivity index (χ2n) is 2.88. The number of hydrogen-bond acceptors (Lipinski definition) is 4. The van der Waals surface area contributed by atoms with Gasteiger partial charge in [0.15, 0.2) is 5.44 Å². The van der Waals surface area contributed by atoms with Crippen LogP contribution in [0, 0.1) is 5.92 Å². The molecule has 6 heteroatoms. The van der Waals surface area contributed by atoms with Crippen LogP contribution in [0.2, 0.25) is 0 Å². The second-order valence-corrected chi connectivity index (χ2v) is 4.40. The van der Waals surface area contributed by atoms with Crippen molar-refractivity contribution in [3.05, 3.63) is 0 Å². The molecule has 0 aliphatic carbocycles. The van der Waals surface area contributed by atoms with Gasteiger partial charge < -0.3 is 9.84 Å². The molecule has 1 rings (SSSR count). The number of hydrogen-bond donors (Lipinski definition) is 2. The molecule has 0 amide bonds. The van der Waals surface area contributed by atoms with Crippen LogP contribution in [0.4, 0.5) is 0 Å². The molecule has 12 heavy (non-hydrogen) atoms. The van der Waals surface area contributed by atoms with E-state index in [2.05, 4.69) is 0 Å². The molecular weight excluding hydrogens is 184 g/mol. The third-order valence-electron chi connectivity index (χ3n) is 1.90. The highest BCUT2D eigenvalue weighted by molar-refractivity contribution is 7.86. The fourth-order valence-corrected chi connectivity index (χ4v) is 1.93. The summed E-state index contributed by atoms with van der Waals surface area (Å²) in [6.45, 7) is 0.787. The fourth-order valence-electron chi connectivity index (χ4n) is 1.23. The Kier molecular flexibility index (Phi) is 3.05. The highest BCUT2D eigenvalue weighted by Crippen LogP contribution is 2.19. The zero-order chi connectivity index (χ0) is 9.19. The van der Waals surface area contributed by atoms with E-state index in [1.54, 1.807) is 0 Å². The Morgan fingerprint density at radius 3 is 2.58 bits per heavy atom. The zero-order valence-corrected chi connectivity index (χ0v) is 7.33. The lowest BCUT2D eigenvalue weighted by molar-refractivity contribution is 0.0154. The molecule has 1 aliphatic rings. The molecular formula is C6H12O5S. The van der Waals surface area contributed by atoms with Gasteiger partial charge in [0.1, 0.15) is 0 Å². The Morgan fingerprint density at radius 1 is 1.50 bits per heavy atom. The van der Waals surface area contributed by atoms with Crippen LogP contribution in [0.1, 0.15) is 12.8 Å². The van der Waals surface area contributed by atoms with Gasteiger partial charge in [-0.2, -0.15) is 8.42 Å². The van der Waals surface area contributed by atoms with Crippen molar-refractivity contribution >= 4 is 10.1 Å². The summed E-state index contributed by atoms with van der Waals surface area (Å²) in [4.78, 5) is 0. The molecule has 1 aliphatic heterocycles. The molecule has 0 aromatic heterocycles. The predicted molar refractivity (Wildman–Crippen MR) is 41.1 cm³/mol. The van der Waals surface area contributed by atoms with Crippen molar-refractivity contribution in [1.29, 1.82) is 0 Å². The summed E-state index contributed by atoms with van der Waals surface area (Å²) in [6.07, 6.45) is 1.29. The van der Waals surface area contributed by atoms with Crippen LogP contribution in [-0.4, -0.2) is 36.7 Å². The van der Waals surface area contributed by atoms with E-state index < -0.39 is 21.5 Å². The van der Waals surface area contributed by atoms with Gasteiger partial charge in [0.25, 0.3) is 10.1 Å². The highest BCUT2D eigenvalue weighted by atomic mass is 32.2. The van der Waals surface area contributed by atoms with Gasteiger partial charge >= 0.3 is 0 Å². The Labute approximate surface area is 71.1 Å². The SMILES string of the molecule is O=S(=O)(O)C(O)C1CCCOC1. The average molecular weight is 196 g/mol. The monoisotopic (exact) mass is 196 g/mol. The number of aliphatic hydroxyl groups is 1. The third kappa shape index (κ3) is 2.41. The lowest BCUT2D eigenvalue weighted by Gasteiger charge is -2.24. The van der Waals surface area contributed by atoms with Crippen molar-refractivity contribution in [3.63, 3.8) is 0 Å². The number of rotatable bonds is 2. The molecule has 2 unspecified atom stereocenters. The van der Waals surface area contributed by atoms with E-state index in [-0.39, 0.29) is 6.61 Å². The van der Waals surface area contributed by atoms with Gasteiger partial charge in [-0.15, -0.1) is 0 Å². The maximum Gasteiger partial charge on any atom is 0.292 e.